The highest BCUT2D eigenvalue weighted by molar-refractivity contribution is 5.94. The van der Waals surface area contributed by atoms with Crippen molar-refractivity contribution in [2.45, 2.75) is 103 Å². The maximum atomic E-state index is 11.2. The molecule has 0 radical (unpaired) electrons. The lowest BCUT2D eigenvalue weighted by molar-refractivity contribution is -0.131. The summed E-state index contributed by atoms with van der Waals surface area (Å²) < 4.78 is 0. The van der Waals surface area contributed by atoms with Gasteiger partial charge >= 0.3 is 5.97 Å². The van der Waals surface area contributed by atoms with Crippen molar-refractivity contribution in [1.82, 2.24) is 5.32 Å². The van der Waals surface area contributed by atoms with Crippen molar-refractivity contribution in [3.8, 4) is 0 Å². The smallest absolute Gasteiger partial charge is 0.328 e. The van der Waals surface area contributed by atoms with Crippen LogP contribution in [0.25, 0.3) is 0 Å². The van der Waals surface area contributed by atoms with Crippen molar-refractivity contribution in [2.24, 2.45) is 0 Å². The van der Waals surface area contributed by atoms with Crippen LogP contribution in [0.15, 0.2) is 24.4 Å². The maximum Gasteiger partial charge on any atom is 0.328 e. The summed E-state index contributed by atoms with van der Waals surface area (Å²) in [4.78, 5) is 21.4. The predicted octanol–water partition coefficient (Wildman–Crippen LogP) is 6.13. The van der Waals surface area contributed by atoms with Gasteiger partial charge in [-0.15, -0.1) is 0 Å². The van der Waals surface area contributed by atoms with Gasteiger partial charge in [-0.05, 0) is 12.8 Å². The molecule has 0 bridgehead atoms. The first kappa shape index (κ1) is 24.4. The van der Waals surface area contributed by atoms with Gasteiger partial charge in [-0.3, -0.25) is 4.79 Å². The number of carbonyl (C=O) groups is 2. The molecule has 0 atom stereocenters. The second-order valence-corrected chi connectivity index (χ2v) is 6.97. The molecule has 0 saturated heterocycles. The number of amides is 1. The summed E-state index contributed by atoms with van der Waals surface area (Å²) in [7, 11) is 0. The third-order valence-electron chi connectivity index (χ3n) is 4.45. The van der Waals surface area contributed by atoms with E-state index < -0.39 is 11.9 Å². The average molecular weight is 366 g/mol. The average Bonchev–Trinajstić information content (AvgIpc) is 2.62. The van der Waals surface area contributed by atoms with Gasteiger partial charge in [-0.2, -0.15) is 0 Å². The number of carboxylic acids is 1. The van der Waals surface area contributed by atoms with Crippen LogP contribution in [0.1, 0.15) is 103 Å². The van der Waals surface area contributed by atoms with Gasteiger partial charge in [-0.25, -0.2) is 4.79 Å². The van der Waals surface area contributed by atoms with Gasteiger partial charge in [0.25, 0.3) is 0 Å². The lowest BCUT2D eigenvalue weighted by Crippen LogP contribution is -2.13. The SMILES string of the molecule is CCCCCCCCCCCCCCCCC=CNC(=O)C=CC(=O)O. The summed E-state index contributed by atoms with van der Waals surface area (Å²) in [5.41, 5.74) is 0. The number of unbranched alkanes of at least 4 members (excludes halogenated alkanes) is 14. The van der Waals surface area contributed by atoms with Crippen LogP contribution in [0.2, 0.25) is 0 Å². The zero-order valence-corrected chi connectivity index (χ0v) is 16.7. The van der Waals surface area contributed by atoms with Gasteiger partial charge in [0.1, 0.15) is 0 Å². The van der Waals surface area contributed by atoms with Gasteiger partial charge in [0, 0.05) is 18.4 Å². The van der Waals surface area contributed by atoms with Crippen LogP contribution >= 0.6 is 0 Å². The predicted molar refractivity (Wildman–Crippen MR) is 109 cm³/mol. The van der Waals surface area contributed by atoms with Gasteiger partial charge < -0.3 is 10.4 Å². The number of carboxylic acid groups (broad SMARTS) is 1. The van der Waals surface area contributed by atoms with Crippen molar-refractivity contribution in [1.29, 1.82) is 0 Å². The Kier molecular flexibility index (Phi) is 18.5. The van der Waals surface area contributed by atoms with Crippen LogP contribution in [-0.2, 0) is 9.59 Å². The molecule has 4 nitrogen and oxygen atoms in total. The normalized spacial score (nSPS) is 11.4. The van der Waals surface area contributed by atoms with Crippen LogP contribution < -0.4 is 5.32 Å². The van der Waals surface area contributed by atoms with Gasteiger partial charge in [0.2, 0.25) is 5.91 Å². The Morgan fingerprint density at radius 3 is 1.65 bits per heavy atom. The fourth-order valence-corrected chi connectivity index (χ4v) is 2.88. The van der Waals surface area contributed by atoms with Crippen molar-refractivity contribution >= 4 is 11.9 Å². The van der Waals surface area contributed by atoms with E-state index >= 15 is 0 Å². The Labute approximate surface area is 160 Å². The number of aliphatic carboxylic acids is 1. The van der Waals surface area contributed by atoms with Crippen molar-refractivity contribution in [3.05, 3.63) is 24.4 Å². The Morgan fingerprint density at radius 1 is 0.731 bits per heavy atom. The lowest BCUT2D eigenvalue weighted by atomic mass is 10.0. The molecule has 0 spiro atoms. The van der Waals surface area contributed by atoms with Crippen LogP contribution in [0, 0.1) is 0 Å². The molecule has 0 aliphatic carbocycles. The van der Waals surface area contributed by atoms with Crippen LogP contribution in [0.4, 0.5) is 0 Å². The monoisotopic (exact) mass is 365 g/mol. The highest BCUT2D eigenvalue weighted by atomic mass is 16.4. The summed E-state index contributed by atoms with van der Waals surface area (Å²) >= 11 is 0. The van der Waals surface area contributed by atoms with Crippen LogP contribution in [0.5, 0.6) is 0 Å². The lowest BCUT2D eigenvalue weighted by Gasteiger charge is -2.02. The van der Waals surface area contributed by atoms with E-state index in [2.05, 4.69) is 12.2 Å². The van der Waals surface area contributed by atoms with E-state index in [0.29, 0.717) is 0 Å². The summed E-state index contributed by atoms with van der Waals surface area (Å²) in [5.74, 6) is -1.53. The Hall–Kier alpha value is -1.58. The molecule has 0 unspecified atom stereocenters. The number of rotatable bonds is 18. The van der Waals surface area contributed by atoms with Crippen molar-refractivity contribution in [2.75, 3.05) is 0 Å². The van der Waals surface area contributed by atoms with Gasteiger partial charge in [0.15, 0.2) is 0 Å². The van der Waals surface area contributed by atoms with Crippen molar-refractivity contribution in [3.63, 3.8) is 0 Å². The number of carbonyl (C=O) groups excluding carboxylic acids is 1. The fourth-order valence-electron chi connectivity index (χ4n) is 2.88. The van der Waals surface area contributed by atoms with Gasteiger partial charge in [-0.1, -0.05) is 96.5 Å². The molecule has 0 aliphatic rings. The molecular weight excluding hydrogens is 326 g/mol. The van der Waals surface area contributed by atoms with Gasteiger partial charge in [0.05, 0.1) is 0 Å². The van der Waals surface area contributed by atoms with Crippen molar-refractivity contribution < 1.29 is 14.7 Å². The van der Waals surface area contributed by atoms with E-state index in [1.165, 1.54) is 83.5 Å². The molecule has 2 N–H and O–H groups in total. The second kappa shape index (κ2) is 19.7. The zero-order valence-electron chi connectivity index (χ0n) is 16.7. The number of hydrogen-bond donors (Lipinski definition) is 2. The first-order valence-corrected chi connectivity index (χ1v) is 10.5. The molecule has 0 aromatic carbocycles. The third kappa shape index (κ3) is 20.5. The van der Waals surface area contributed by atoms with Crippen LogP contribution in [-0.4, -0.2) is 17.0 Å². The summed E-state index contributed by atoms with van der Waals surface area (Å²) in [6, 6.07) is 0. The highest BCUT2D eigenvalue weighted by Crippen LogP contribution is 2.13. The number of hydrogen-bond acceptors (Lipinski definition) is 2. The number of nitrogens with one attached hydrogen (secondary N) is 1. The molecule has 0 heterocycles. The molecule has 1 amide bonds. The first-order chi connectivity index (χ1) is 12.7. The Morgan fingerprint density at radius 2 is 1.19 bits per heavy atom. The molecule has 0 fully saturated rings. The molecule has 26 heavy (non-hydrogen) atoms. The largest absolute Gasteiger partial charge is 0.478 e. The quantitative estimate of drug-likeness (QED) is 0.227. The van der Waals surface area contributed by atoms with E-state index in [1.807, 2.05) is 6.08 Å². The zero-order chi connectivity index (χ0) is 19.3. The molecule has 150 valence electrons. The minimum atomic E-state index is -1.12. The summed E-state index contributed by atoms with van der Waals surface area (Å²) in [6.45, 7) is 2.27. The molecule has 0 saturated carbocycles. The number of allylic oxidation sites excluding steroid dienone is 1. The minimum absolute atomic E-state index is 0.412. The molecule has 0 rings (SSSR count). The third-order valence-corrected chi connectivity index (χ3v) is 4.45. The van der Waals surface area contributed by atoms with Crippen LogP contribution in [0.3, 0.4) is 0 Å². The highest BCUT2D eigenvalue weighted by Gasteiger charge is 1.94. The molecule has 0 aliphatic heterocycles. The molecule has 0 aromatic rings. The summed E-state index contributed by atoms with van der Waals surface area (Å²) in [6.07, 6.45) is 25.2. The molecule has 0 aromatic heterocycles. The summed E-state index contributed by atoms with van der Waals surface area (Å²) in [5, 5.41) is 10.9. The minimum Gasteiger partial charge on any atom is -0.478 e. The van der Waals surface area contributed by atoms with E-state index in [-0.39, 0.29) is 0 Å². The second-order valence-electron chi connectivity index (χ2n) is 6.97. The van der Waals surface area contributed by atoms with E-state index in [4.69, 9.17) is 5.11 Å². The van der Waals surface area contributed by atoms with E-state index in [0.717, 1.165) is 25.0 Å². The maximum absolute atomic E-state index is 11.2. The standard InChI is InChI=1S/C22H39NO3/c1-2-3-4-5-6-7-8-9-10-11-12-13-14-15-16-17-20-23-21(24)18-19-22(25)26/h17-20H,2-16H2,1H3,(H,23,24)(H,25,26). The van der Waals surface area contributed by atoms with E-state index in [9.17, 15) is 9.59 Å². The Balaban J connectivity index is 3.23. The topological polar surface area (TPSA) is 66.4 Å². The molecule has 4 heteroatoms. The first-order valence-electron chi connectivity index (χ1n) is 10.5. The van der Waals surface area contributed by atoms with E-state index in [1.54, 1.807) is 6.20 Å². The fraction of sp³-hybridized carbons (Fsp3) is 0.727. The Bertz CT molecular complexity index is 402. The molecular formula is C22H39NO3.